The van der Waals surface area contributed by atoms with Gasteiger partial charge < -0.3 is 35.7 Å². The number of carbonyl (C=O) groups is 1. The molecule has 0 aliphatic rings. The Morgan fingerprint density at radius 2 is 1.53 bits per heavy atom. The van der Waals surface area contributed by atoms with Crippen LogP contribution in [0.25, 0.3) is 0 Å². The van der Waals surface area contributed by atoms with Gasteiger partial charge in [0.1, 0.15) is 17.8 Å². The molecule has 0 saturated heterocycles. The summed E-state index contributed by atoms with van der Waals surface area (Å²) in [5, 5.41) is 61.9. The lowest BCUT2D eigenvalue weighted by atomic mass is 9.91. The van der Waals surface area contributed by atoms with Gasteiger partial charge in [0.05, 0.1) is 13.2 Å². The summed E-state index contributed by atoms with van der Waals surface area (Å²) in [5.74, 6) is -1.81. The average Bonchev–Trinajstić information content (AvgIpc) is 2.24. The monoisotopic (exact) mass is 226 g/mol. The Balaban J connectivity index is 4.68. The molecule has 0 fully saturated rings. The zero-order chi connectivity index (χ0) is 12.2. The summed E-state index contributed by atoms with van der Waals surface area (Å²) in [6.45, 7) is -2.21. The molecule has 8 heteroatoms. The molecule has 0 radical (unpaired) electrons. The van der Waals surface area contributed by atoms with E-state index >= 15 is 0 Å². The molecule has 8 nitrogen and oxygen atoms in total. The molecule has 0 rings (SSSR count). The van der Waals surface area contributed by atoms with Crippen molar-refractivity contribution in [3.05, 3.63) is 0 Å². The molecule has 15 heavy (non-hydrogen) atoms. The number of hydrogen-bond donors (Lipinski definition) is 7. The highest BCUT2D eigenvalue weighted by molar-refractivity contribution is 5.72. The van der Waals surface area contributed by atoms with Crippen molar-refractivity contribution in [2.75, 3.05) is 13.2 Å². The fourth-order valence-corrected chi connectivity index (χ4v) is 0.874. The van der Waals surface area contributed by atoms with Gasteiger partial charge in [0, 0.05) is 0 Å². The van der Waals surface area contributed by atoms with Crippen LogP contribution in [-0.4, -0.2) is 78.8 Å². The molecule has 0 unspecified atom stereocenters. The van der Waals surface area contributed by atoms with Crippen LogP contribution in [0.1, 0.15) is 0 Å². The lowest BCUT2D eigenvalue weighted by molar-refractivity contribution is -0.191. The third-order valence-electron chi connectivity index (χ3n) is 2.00. The molecule has 0 aromatic heterocycles. The summed E-state index contributed by atoms with van der Waals surface area (Å²) in [6, 6.07) is 0. The molecule has 0 bridgehead atoms. The lowest BCUT2D eigenvalue weighted by Gasteiger charge is -2.32. The molecule has 90 valence electrons. The molecule has 0 spiro atoms. The van der Waals surface area contributed by atoms with Crippen LogP contribution in [0.2, 0.25) is 0 Å². The van der Waals surface area contributed by atoms with Gasteiger partial charge in [0.25, 0.3) is 0 Å². The average molecular weight is 226 g/mol. The van der Waals surface area contributed by atoms with E-state index in [1.54, 1.807) is 0 Å². The van der Waals surface area contributed by atoms with Gasteiger partial charge in [0.15, 0.2) is 6.10 Å². The first-order valence-electron chi connectivity index (χ1n) is 4.01. The largest absolute Gasteiger partial charge is 0.479 e. The van der Waals surface area contributed by atoms with Crippen molar-refractivity contribution in [1.29, 1.82) is 0 Å². The highest BCUT2D eigenvalue weighted by Crippen LogP contribution is 2.15. The van der Waals surface area contributed by atoms with E-state index in [-0.39, 0.29) is 0 Å². The maximum atomic E-state index is 10.2. The molecule has 0 saturated carbocycles. The summed E-state index contributed by atoms with van der Waals surface area (Å²) in [5.41, 5.74) is -2.48. The second kappa shape index (κ2) is 5.35. The Labute approximate surface area is 84.7 Å². The van der Waals surface area contributed by atoms with Crippen molar-refractivity contribution in [3.8, 4) is 0 Å². The second-order valence-electron chi connectivity index (χ2n) is 3.14. The first-order valence-corrected chi connectivity index (χ1v) is 4.01. The van der Waals surface area contributed by atoms with Gasteiger partial charge in [-0.05, 0) is 0 Å². The normalized spacial score (nSPS) is 18.3. The number of aliphatic carboxylic acids is 1. The first kappa shape index (κ1) is 14.2. The van der Waals surface area contributed by atoms with Crippen molar-refractivity contribution in [2.45, 2.75) is 23.9 Å². The highest BCUT2D eigenvalue weighted by atomic mass is 16.4. The summed E-state index contributed by atoms with van der Waals surface area (Å²) >= 11 is 0. The van der Waals surface area contributed by atoms with E-state index in [1.807, 2.05) is 0 Å². The van der Waals surface area contributed by atoms with Crippen LogP contribution in [0.5, 0.6) is 0 Å². The van der Waals surface area contributed by atoms with E-state index in [4.69, 9.17) is 25.5 Å². The number of rotatable bonds is 6. The van der Waals surface area contributed by atoms with Gasteiger partial charge in [-0.2, -0.15) is 0 Å². The van der Waals surface area contributed by atoms with Gasteiger partial charge in [-0.1, -0.05) is 0 Å². The van der Waals surface area contributed by atoms with Crippen LogP contribution in [0, 0.1) is 0 Å². The van der Waals surface area contributed by atoms with Gasteiger partial charge in [0.2, 0.25) is 0 Å². The molecule has 0 aliphatic heterocycles. The van der Waals surface area contributed by atoms with E-state index in [0.29, 0.717) is 0 Å². The van der Waals surface area contributed by atoms with Crippen LogP contribution in [-0.2, 0) is 4.79 Å². The topological polar surface area (TPSA) is 159 Å². The van der Waals surface area contributed by atoms with E-state index in [1.165, 1.54) is 0 Å². The highest BCUT2D eigenvalue weighted by Gasteiger charge is 2.43. The third-order valence-corrected chi connectivity index (χ3v) is 2.00. The fourth-order valence-electron chi connectivity index (χ4n) is 0.874. The van der Waals surface area contributed by atoms with Gasteiger partial charge in [-0.3, -0.25) is 0 Å². The Morgan fingerprint density at radius 3 is 1.80 bits per heavy atom. The standard InChI is InChI=1S/C7H14O8/c8-1-7(15,2-9)5(12)3(10)4(11)6(13)14/h3-5,8-12,15H,1-2H2,(H,13,14)/t3-,4+,5+/m1/s1. The quantitative estimate of drug-likeness (QED) is 0.240. The maximum absolute atomic E-state index is 10.2. The first-order chi connectivity index (χ1) is 6.80. The summed E-state index contributed by atoms with van der Waals surface area (Å²) in [6.07, 6.45) is -6.75. The van der Waals surface area contributed by atoms with Crippen molar-refractivity contribution in [3.63, 3.8) is 0 Å². The summed E-state index contributed by atoms with van der Waals surface area (Å²) < 4.78 is 0. The predicted octanol–water partition coefficient (Wildman–Crippen LogP) is -4.13. The molecule has 0 heterocycles. The van der Waals surface area contributed by atoms with E-state index in [9.17, 15) is 15.0 Å². The van der Waals surface area contributed by atoms with Crippen LogP contribution in [0.4, 0.5) is 0 Å². The molecular weight excluding hydrogens is 212 g/mol. The third kappa shape index (κ3) is 3.09. The van der Waals surface area contributed by atoms with Gasteiger partial charge in [-0.25, -0.2) is 4.79 Å². The lowest BCUT2D eigenvalue weighted by Crippen LogP contribution is -2.58. The van der Waals surface area contributed by atoms with Crippen molar-refractivity contribution in [2.24, 2.45) is 0 Å². The van der Waals surface area contributed by atoms with E-state index < -0.39 is 43.1 Å². The van der Waals surface area contributed by atoms with Gasteiger partial charge in [-0.15, -0.1) is 0 Å². The SMILES string of the molecule is O=C(O)[C@@H](O)[C@@H](O)[C@H](O)C(O)(CO)CO. The number of carboxylic acids is 1. The zero-order valence-corrected chi connectivity index (χ0v) is 7.69. The van der Waals surface area contributed by atoms with Crippen LogP contribution in [0.15, 0.2) is 0 Å². The van der Waals surface area contributed by atoms with Crippen molar-refractivity contribution < 1.29 is 40.5 Å². The Kier molecular flexibility index (Phi) is 5.08. The van der Waals surface area contributed by atoms with Crippen molar-refractivity contribution in [1.82, 2.24) is 0 Å². The molecule has 3 atom stereocenters. The smallest absolute Gasteiger partial charge is 0.335 e. The molecule has 7 N–H and O–H groups in total. The second-order valence-corrected chi connectivity index (χ2v) is 3.14. The molecule has 0 aliphatic carbocycles. The summed E-state index contributed by atoms with van der Waals surface area (Å²) in [4.78, 5) is 10.2. The number of aliphatic hydroxyl groups is 6. The Bertz CT molecular complexity index is 213. The summed E-state index contributed by atoms with van der Waals surface area (Å²) in [7, 11) is 0. The molecule has 0 aromatic rings. The van der Waals surface area contributed by atoms with E-state index in [0.717, 1.165) is 0 Å². The van der Waals surface area contributed by atoms with E-state index in [2.05, 4.69) is 0 Å². The number of aliphatic hydroxyl groups excluding tert-OH is 5. The minimum absolute atomic E-state index is 1.10. The Hall–Kier alpha value is -0.770. The maximum Gasteiger partial charge on any atom is 0.335 e. The molecule has 0 amide bonds. The Morgan fingerprint density at radius 1 is 1.13 bits per heavy atom. The predicted molar refractivity (Wildman–Crippen MR) is 44.8 cm³/mol. The van der Waals surface area contributed by atoms with Crippen LogP contribution < -0.4 is 0 Å². The molecule has 0 aromatic carbocycles. The fraction of sp³-hybridized carbons (Fsp3) is 0.857. The number of hydrogen-bond acceptors (Lipinski definition) is 7. The van der Waals surface area contributed by atoms with Crippen LogP contribution in [0.3, 0.4) is 0 Å². The number of carboxylic acid groups (broad SMARTS) is 1. The zero-order valence-electron chi connectivity index (χ0n) is 7.69. The van der Waals surface area contributed by atoms with Crippen LogP contribution >= 0.6 is 0 Å². The van der Waals surface area contributed by atoms with Gasteiger partial charge >= 0.3 is 5.97 Å². The molecular formula is C7H14O8. The minimum atomic E-state index is -2.48. The minimum Gasteiger partial charge on any atom is -0.479 e. The van der Waals surface area contributed by atoms with Crippen molar-refractivity contribution >= 4 is 5.97 Å².